The summed E-state index contributed by atoms with van der Waals surface area (Å²) in [5.41, 5.74) is 3.57. The molecule has 7 nitrogen and oxygen atoms in total. The highest BCUT2D eigenvalue weighted by atomic mass is 35.5. The molecular formula is C31H37Cl2N3O4S. The summed E-state index contributed by atoms with van der Waals surface area (Å²) in [5, 5.41) is 3.58. The van der Waals surface area contributed by atoms with Crippen LogP contribution in [0.25, 0.3) is 0 Å². The summed E-state index contributed by atoms with van der Waals surface area (Å²) >= 11 is 12.9. The second-order valence-electron chi connectivity index (χ2n) is 10.3. The van der Waals surface area contributed by atoms with Crippen LogP contribution in [0.5, 0.6) is 0 Å². The minimum absolute atomic E-state index is 0.0531. The van der Waals surface area contributed by atoms with E-state index in [0.29, 0.717) is 27.7 Å². The molecule has 10 heteroatoms. The summed E-state index contributed by atoms with van der Waals surface area (Å²) in [5.74, 6) is -0.947. The number of carbonyl (C=O) groups excluding carboxylic acids is 2. The summed E-state index contributed by atoms with van der Waals surface area (Å²) in [6.45, 7) is 10.5. The molecule has 220 valence electrons. The van der Waals surface area contributed by atoms with Crippen molar-refractivity contribution in [1.82, 2.24) is 10.2 Å². The number of amides is 2. The quantitative estimate of drug-likeness (QED) is 0.268. The monoisotopic (exact) mass is 617 g/mol. The molecule has 0 unspecified atom stereocenters. The first-order valence-corrected chi connectivity index (χ1v) is 15.6. The molecular weight excluding hydrogens is 581 g/mol. The van der Waals surface area contributed by atoms with E-state index in [4.69, 9.17) is 23.2 Å². The number of anilines is 1. The number of benzene rings is 3. The Kier molecular flexibility index (Phi) is 10.9. The zero-order valence-corrected chi connectivity index (χ0v) is 26.6. The van der Waals surface area contributed by atoms with E-state index in [1.165, 1.54) is 17.0 Å². The van der Waals surface area contributed by atoms with Crippen molar-refractivity contribution in [3.63, 3.8) is 0 Å². The van der Waals surface area contributed by atoms with Crippen molar-refractivity contribution in [2.45, 2.75) is 71.5 Å². The van der Waals surface area contributed by atoms with E-state index in [1.54, 1.807) is 49.4 Å². The topological polar surface area (TPSA) is 86.8 Å². The van der Waals surface area contributed by atoms with Crippen molar-refractivity contribution in [3.05, 3.63) is 93.0 Å². The average Bonchev–Trinajstić information content (AvgIpc) is 2.92. The Hall–Kier alpha value is -3.07. The second kappa shape index (κ2) is 13.7. The molecule has 0 aliphatic heterocycles. The van der Waals surface area contributed by atoms with Gasteiger partial charge in [-0.25, -0.2) is 8.42 Å². The fourth-order valence-electron chi connectivity index (χ4n) is 4.15. The van der Waals surface area contributed by atoms with Crippen molar-refractivity contribution in [2.75, 3.05) is 10.8 Å². The first-order valence-electron chi connectivity index (χ1n) is 13.5. The average molecular weight is 619 g/mol. The van der Waals surface area contributed by atoms with Crippen LogP contribution in [0.1, 0.15) is 49.4 Å². The first-order chi connectivity index (χ1) is 19.3. The molecule has 0 spiro atoms. The largest absolute Gasteiger partial charge is 0.352 e. The summed E-state index contributed by atoms with van der Waals surface area (Å²) in [4.78, 5) is 28.7. The fourth-order valence-corrected chi connectivity index (χ4v) is 6.07. The van der Waals surface area contributed by atoms with Gasteiger partial charge in [0.25, 0.3) is 10.0 Å². The van der Waals surface area contributed by atoms with E-state index in [0.717, 1.165) is 21.0 Å². The summed E-state index contributed by atoms with van der Waals surface area (Å²) in [7, 11) is -4.15. The fraction of sp³-hybridized carbons (Fsp3) is 0.355. The van der Waals surface area contributed by atoms with Crippen LogP contribution < -0.4 is 9.62 Å². The number of nitrogens with zero attached hydrogens (tertiary/aromatic N) is 2. The first kappa shape index (κ1) is 32.4. The molecule has 0 radical (unpaired) electrons. The van der Waals surface area contributed by atoms with Gasteiger partial charge in [0.1, 0.15) is 12.6 Å². The molecule has 3 aromatic rings. The molecule has 0 saturated heterocycles. The number of halogens is 2. The lowest BCUT2D eigenvalue weighted by Crippen LogP contribution is -2.52. The molecule has 2 atom stereocenters. The zero-order valence-electron chi connectivity index (χ0n) is 24.2. The zero-order chi connectivity index (χ0) is 30.5. The van der Waals surface area contributed by atoms with Crippen molar-refractivity contribution in [3.8, 4) is 0 Å². The highest BCUT2D eigenvalue weighted by Crippen LogP contribution is 2.29. The lowest BCUT2D eigenvalue weighted by molar-refractivity contribution is -0.139. The molecule has 3 rings (SSSR count). The Bertz CT molecular complexity index is 1490. The van der Waals surface area contributed by atoms with Gasteiger partial charge in [-0.1, -0.05) is 60.0 Å². The van der Waals surface area contributed by atoms with Gasteiger partial charge in [-0.2, -0.15) is 0 Å². The summed E-state index contributed by atoms with van der Waals surface area (Å²) < 4.78 is 29.1. The van der Waals surface area contributed by atoms with Crippen LogP contribution >= 0.6 is 23.2 Å². The molecule has 41 heavy (non-hydrogen) atoms. The molecule has 0 heterocycles. The lowest BCUT2D eigenvalue weighted by atomic mass is 10.1. The predicted molar refractivity (Wildman–Crippen MR) is 166 cm³/mol. The smallest absolute Gasteiger partial charge is 0.264 e. The third-order valence-corrected chi connectivity index (χ3v) is 9.72. The minimum atomic E-state index is -4.15. The third-order valence-electron chi connectivity index (χ3n) is 7.22. The molecule has 1 N–H and O–H groups in total. The molecule has 0 saturated carbocycles. The Morgan fingerprint density at radius 3 is 2.07 bits per heavy atom. The van der Waals surface area contributed by atoms with Crippen LogP contribution in [0.15, 0.2) is 65.6 Å². The minimum Gasteiger partial charge on any atom is -0.352 e. The predicted octanol–water partition coefficient (Wildman–Crippen LogP) is 6.45. The van der Waals surface area contributed by atoms with Gasteiger partial charge < -0.3 is 10.2 Å². The van der Waals surface area contributed by atoms with Gasteiger partial charge in [0.05, 0.1) is 10.6 Å². The Morgan fingerprint density at radius 1 is 0.902 bits per heavy atom. The van der Waals surface area contributed by atoms with E-state index in [2.05, 4.69) is 5.32 Å². The van der Waals surface area contributed by atoms with Crippen LogP contribution in [0, 0.1) is 20.8 Å². The summed E-state index contributed by atoms with van der Waals surface area (Å²) in [6, 6.07) is 15.6. The molecule has 0 fully saturated rings. The lowest BCUT2D eigenvalue weighted by Gasteiger charge is -2.33. The van der Waals surface area contributed by atoms with Gasteiger partial charge in [0, 0.05) is 28.2 Å². The normalized spacial score (nSPS) is 12.9. The Balaban J connectivity index is 2.09. The van der Waals surface area contributed by atoms with Crippen LogP contribution in [0.4, 0.5) is 5.69 Å². The second-order valence-corrected chi connectivity index (χ2v) is 13.0. The van der Waals surface area contributed by atoms with Crippen LogP contribution in [0.3, 0.4) is 0 Å². The van der Waals surface area contributed by atoms with Crippen molar-refractivity contribution < 1.29 is 18.0 Å². The van der Waals surface area contributed by atoms with Crippen molar-refractivity contribution in [2.24, 2.45) is 0 Å². The highest BCUT2D eigenvalue weighted by Gasteiger charge is 2.33. The number of hydrogen-bond donors (Lipinski definition) is 1. The number of sulfonamides is 1. The molecule has 3 aromatic carbocycles. The van der Waals surface area contributed by atoms with Gasteiger partial charge in [0.15, 0.2) is 0 Å². The standard InChI is InChI=1S/C31H37Cl2N3O4S/c1-7-23(5)34-31(38)24(6)35(18-27-28(32)9-8-10-29(27)33)30(37)19-36(25-14-13-21(3)22(4)17-25)41(39,40)26-15-11-20(2)12-16-26/h8-17,23-24H,7,18-19H2,1-6H3,(H,34,38)/t23-,24-/m0/s1. The van der Waals surface area contributed by atoms with E-state index in [1.807, 2.05) is 40.7 Å². The van der Waals surface area contributed by atoms with Gasteiger partial charge in [-0.05, 0) is 88.6 Å². The van der Waals surface area contributed by atoms with Crippen LogP contribution in [0.2, 0.25) is 10.0 Å². The van der Waals surface area contributed by atoms with Crippen LogP contribution in [-0.4, -0.2) is 43.8 Å². The molecule has 2 amide bonds. The Morgan fingerprint density at radius 2 is 1.51 bits per heavy atom. The number of nitrogens with one attached hydrogen (secondary N) is 1. The molecule has 0 bridgehead atoms. The number of carbonyl (C=O) groups is 2. The van der Waals surface area contributed by atoms with E-state index in [-0.39, 0.29) is 23.4 Å². The van der Waals surface area contributed by atoms with E-state index >= 15 is 0 Å². The van der Waals surface area contributed by atoms with Gasteiger partial charge >= 0.3 is 0 Å². The maximum Gasteiger partial charge on any atom is 0.264 e. The molecule has 0 aromatic heterocycles. The van der Waals surface area contributed by atoms with Crippen LogP contribution in [-0.2, 0) is 26.2 Å². The van der Waals surface area contributed by atoms with Gasteiger partial charge in [-0.3, -0.25) is 13.9 Å². The van der Waals surface area contributed by atoms with Gasteiger partial charge in [0.2, 0.25) is 11.8 Å². The number of aryl methyl sites for hydroxylation is 3. The highest BCUT2D eigenvalue weighted by molar-refractivity contribution is 7.92. The maximum atomic E-state index is 14.1. The number of rotatable bonds is 11. The van der Waals surface area contributed by atoms with Crippen molar-refractivity contribution in [1.29, 1.82) is 0 Å². The molecule has 0 aliphatic carbocycles. The van der Waals surface area contributed by atoms with E-state index in [9.17, 15) is 18.0 Å². The van der Waals surface area contributed by atoms with E-state index < -0.39 is 28.5 Å². The SMILES string of the molecule is CC[C@H](C)NC(=O)[C@H](C)N(Cc1c(Cl)cccc1Cl)C(=O)CN(c1ccc(C)c(C)c1)S(=O)(=O)c1ccc(C)cc1. The molecule has 0 aliphatic rings. The number of hydrogen-bond acceptors (Lipinski definition) is 4. The van der Waals surface area contributed by atoms with Crippen molar-refractivity contribution >= 4 is 50.7 Å². The third kappa shape index (κ3) is 7.82. The van der Waals surface area contributed by atoms with Gasteiger partial charge in [-0.15, -0.1) is 0 Å². The maximum absolute atomic E-state index is 14.1. The Labute approximate surface area is 253 Å². The summed E-state index contributed by atoms with van der Waals surface area (Å²) in [6.07, 6.45) is 0.706.